The first-order chi connectivity index (χ1) is 2.00. The van der Waals surface area contributed by atoms with E-state index in [0.29, 0.717) is 6.26 Å². The molecule has 44 valence electrons. The Morgan fingerprint density at radius 3 is 1.57 bits per heavy atom. The Kier molecular flexibility index (Phi) is 12.5. The van der Waals surface area contributed by atoms with Crippen molar-refractivity contribution in [3.63, 3.8) is 0 Å². The van der Waals surface area contributed by atoms with Crippen LogP contribution in [0.1, 0.15) is 2.85 Å². The summed E-state index contributed by atoms with van der Waals surface area (Å²) < 4.78 is 25.9. The van der Waals surface area contributed by atoms with Crippen LogP contribution in [-0.2, 0) is 10.1 Å². The van der Waals surface area contributed by atoms with Crippen molar-refractivity contribution >= 4 is 59.0 Å². The smallest absolute Gasteiger partial charge is 1.00 e. The molecule has 0 aromatic carbocycles. The Morgan fingerprint density at radius 1 is 1.57 bits per heavy atom. The zero-order valence-corrected chi connectivity index (χ0v) is 9.04. The topological polar surface area (TPSA) is 54.4 Å². The van der Waals surface area contributed by atoms with E-state index in [-0.39, 0.29) is 56.4 Å². The number of rotatable bonds is 0. The first-order valence-corrected chi connectivity index (χ1v) is 2.77. The largest absolute Gasteiger partial charge is 2.00 e. The van der Waals surface area contributed by atoms with E-state index in [1.165, 1.54) is 0 Å². The van der Waals surface area contributed by atoms with Gasteiger partial charge in [0.1, 0.15) is 0 Å². The molecule has 0 bridgehead atoms. The molecule has 0 saturated carbocycles. The van der Waals surface area contributed by atoms with E-state index in [9.17, 15) is 8.42 Å². The molecule has 0 unspecified atom stereocenters. The van der Waals surface area contributed by atoms with Gasteiger partial charge in [-0.15, -0.1) is 0 Å². The molecule has 0 atom stereocenters. The maximum Gasteiger partial charge on any atom is 2.00 e. The third kappa shape index (κ3) is 109. The molecule has 0 aliphatic heterocycles. The van der Waals surface area contributed by atoms with Gasteiger partial charge in [-0.3, -0.25) is 9.26 Å². The summed E-state index contributed by atoms with van der Waals surface area (Å²) in [4.78, 5) is 0. The fourth-order valence-corrected chi connectivity index (χ4v) is 0. The summed E-state index contributed by atoms with van der Waals surface area (Å²) in [7, 11) is -3.67. The molecule has 7 heavy (non-hydrogen) atoms. The maximum atomic E-state index is 9.19. The van der Waals surface area contributed by atoms with Gasteiger partial charge in [0.25, 0.3) is 10.1 Å². The molecule has 0 aliphatic carbocycles. The van der Waals surface area contributed by atoms with E-state index in [1.54, 1.807) is 0 Å². The van der Waals surface area contributed by atoms with Gasteiger partial charge >= 0.3 is 48.9 Å². The van der Waals surface area contributed by atoms with Gasteiger partial charge in [-0.25, -0.2) is 0 Å². The van der Waals surface area contributed by atoms with Crippen molar-refractivity contribution in [3.05, 3.63) is 0 Å². The quantitative estimate of drug-likeness (QED) is 0.469. The molecule has 0 fully saturated rings. The summed E-state index contributed by atoms with van der Waals surface area (Å²) in [6.45, 7) is 0. The van der Waals surface area contributed by atoms with Crippen LogP contribution >= 0.6 is 0 Å². The molecule has 6 heteroatoms. The minimum absolute atomic E-state index is 0. The molecule has 0 aromatic heterocycles. The second-order valence-electron chi connectivity index (χ2n) is 0.733. The van der Waals surface area contributed by atoms with Crippen LogP contribution in [0.15, 0.2) is 0 Å². The van der Waals surface area contributed by atoms with Crippen molar-refractivity contribution in [1.82, 2.24) is 0 Å². The van der Waals surface area contributed by atoms with Crippen LogP contribution in [0.3, 0.4) is 0 Å². The van der Waals surface area contributed by atoms with Crippen LogP contribution in [0.5, 0.6) is 0 Å². The average molecular weight is 255 g/mol. The first-order valence-electron chi connectivity index (χ1n) is 0.924. The van der Waals surface area contributed by atoms with Gasteiger partial charge in [0.05, 0.1) is 6.26 Å². The number of halogens is 1. The average Bonchev–Trinajstić information content (AvgIpc) is 0.722. The summed E-state index contributed by atoms with van der Waals surface area (Å²) in [6, 6.07) is 0. The molecule has 0 rings (SSSR count). The first kappa shape index (κ1) is 15.8. The zero-order valence-electron chi connectivity index (χ0n) is 5.79. The van der Waals surface area contributed by atoms with Gasteiger partial charge in [0.2, 0.25) is 0 Å². The zero-order chi connectivity index (χ0) is 4.50. The van der Waals surface area contributed by atoms with Gasteiger partial charge < -0.3 is 2.85 Å². The molecule has 3 nitrogen and oxygen atoms in total. The fraction of sp³-hybridized carbons (Fsp3) is 1.00. The van der Waals surface area contributed by atoms with Gasteiger partial charge in [0, 0.05) is 0 Å². The van der Waals surface area contributed by atoms with E-state index < -0.39 is 10.1 Å². The molecule has 0 saturated heterocycles. The molecule has 0 amide bonds. The summed E-state index contributed by atoms with van der Waals surface area (Å²) in [6.07, 6.45) is 0.715. The summed E-state index contributed by atoms with van der Waals surface area (Å²) in [5.41, 5.74) is 0. The normalized spacial score (nSPS) is 8.29. The Morgan fingerprint density at radius 2 is 1.57 bits per heavy atom. The minimum Gasteiger partial charge on any atom is -1.00 e. The van der Waals surface area contributed by atoms with Crippen LogP contribution < -0.4 is 0 Å². The van der Waals surface area contributed by atoms with Crippen LogP contribution in [-0.4, -0.2) is 68.1 Å². The molecular formula is CH7BaFO3S. The second kappa shape index (κ2) is 5.55. The number of hydrogen-bond donors (Lipinski definition) is 1. The second-order valence-corrected chi connectivity index (χ2v) is 2.20. The minimum atomic E-state index is -3.67. The van der Waals surface area contributed by atoms with Crippen molar-refractivity contribution in [1.29, 1.82) is 0 Å². The van der Waals surface area contributed by atoms with Gasteiger partial charge in [-0.2, -0.15) is 8.42 Å². The van der Waals surface area contributed by atoms with Gasteiger partial charge in [-0.05, 0) is 0 Å². The number of hydrogen-bond acceptors (Lipinski definition) is 2. The summed E-state index contributed by atoms with van der Waals surface area (Å²) in [5, 5.41) is 0. The molecular weight excluding hydrogens is 248 g/mol. The van der Waals surface area contributed by atoms with Crippen LogP contribution in [0, 0.1) is 0 Å². The van der Waals surface area contributed by atoms with Gasteiger partial charge in [-0.1, -0.05) is 0 Å². The van der Waals surface area contributed by atoms with Crippen molar-refractivity contribution in [2.75, 3.05) is 6.26 Å². The third-order valence-electron chi connectivity index (χ3n) is 0. The van der Waals surface area contributed by atoms with E-state index in [2.05, 4.69) is 0 Å². The van der Waals surface area contributed by atoms with E-state index in [0.717, 1.165) is 0 Å². The van der Waals surface area contributed by atoms with Gasteiger partial charge in [0.15, 0.2) is 0 Å². The predicted octanol–water partition coefficient (Wildman–Crippen LogP) is -0.499. The van der Waals surface area contributed by atoms with Crippen LogP contribution in [0.25, 0.3) is 0 Å². The van der Waals surface area contributed by atoms with Crippen molar-refractivity contribution in [2.45, 2.75) is 0 Å². The maximum absolute atomic E-state index is 9.19. The summed E-state index contributed by atoms with van der Waals surface area (Å²) >= 11 is 0. The SMILES string of the molecule is CS(=O)(=O)O.F.[Ba+2].[H-].[H-]. The van der Waals surface area contributed by atoms with Crippen molar-refractivity contribution < 1.29 is 20.5 Å². The van der Waals surface area contributed by atoms with E-state index >= 15 is 0 Å². The van der Waals surface area contributed by atoms with Crippen molar-refractivity contribution in [3.8, 4) is 0 Å². The standard InChI is InChI=1S/CH4O3S.Ba.FH.2H/c1-5(2,3)4;;;;/h1H3,(H,2,3,4);;1H;;/q;+2;;2*-1. The van der Waals surface area contributed by atoms with Crippen LogP contribution in [0.2, 0.25) is 0 Å². The summed E-state index contributed by atoms with van der Waals surface area (Å²) in [5.74, 6) is 0. The molecule has 0 aliphatic rings. The van der Waals surface area contributed by atoms with E-state index in [1.807, 2.05) is 0 Å². The Hall–Kier alpha value is 1.41. The predicted molar refractivity (Wildman–Crippen MR) is 28.0 cm³/mol. The van der Waals surface area contributed by atoms with Crippen LogP contribution in [0.4, 0.5) is 4.70 Å². The Labute approximate surface area is 84.6 Å². The molecule has 0 aromatic rings. The Balaban J connectivity index is -0.0000000133. The molecule has 0 heterocycles. The van der Waals surface area contributed by atoms with E-state index in [4.69, 9.17) is 4.55 Å². The molecule has 0 spiro atoms. The Bertz CT molecular complexity index is 105. The fourth-order valence-electron chi connectivity index (χ4n) is 0. The third-order valence-corrected chi connectivity index (χ3v) is 0. The molecule has 1 N–H and O–H groups in total. The molecule has 0 radical (unpaired) electrons. The monoisotopic (exact) mass is 256 g/mol. The van der Waals surface area contributed by atoms with Crippen molar-refractivity contribution in [2.24, 2.45) is 0 Å².